The molecule has 0 amide bonds. The summed E-state index contributed by atoms with van der Waals surface area (Å²) in [5.74, 6) is -0.981. The van der Waals surface area contributed by atoms with Gasteiger partial charge >= 0.3 is 13.8 Å². The predicted molar refractivity (Wildman–Crippen MR) is 47.5 cm³/mol. The first-order chi connectivity index (χ1) is 6.33. The molecule has 0 radical (unpaired) electrons. The normalized spacial score (nSPS) is 9.93. The van der Waals surface area contributed by atoms with Crippen LogP contribution in [0.1, 0.15) is 6.42 Å². The molecule has 0 atom stereocenters. The molecule has 0 unspecified atom stereocenters. The summed E-state index contributed by atoms with van der Waals surface area (Å²) in [4.78, 5) is 25.4. The smallest absolute Gasteiger partial charge is 0.469 e. The lowest BCUT2D eigenvalue weighted by molar-refractivity contribution is -0.131. The van der Waals surface area contributed by atoms with E-state index in [2.05, 4.69) is 11.1 Å². The number of aliphatic carboxylic acids is 1. The highest BCUT2D eigenvalue weighted by Crippen LogP contribution is 2.35. The third kappa shape index (κ3) is 22.5. The zero-order chi connectivity index (χ0) is 11.6. The Balaban J connectivity index is 0. The molecular formula is C6H13O7P. The van der Waals surface area contributed by atoms with Gasteiger partial charge in [0.25, 0.3) is 0 Å². The zero-order valence-electron chi connectivity index (χ0n) is 7.37. The van der Waals surface area contributed by atoms with Crippen LogP contribution in [0.5, 0.6) is 0 Å². The van der Waals surface area contributed by atoms with Crippen molar-refractivity contribution in [3.63, 3.8) is 0 Å². The van der Waals surface area contributed by atoms with Gasteiger partial charge in [-0.3, -0.25) is 4.52 Å². The molecule has 0 spiro atoms. The van der Waals surface area contributed by atoms with E-state index in [0.29, 0.717) is 0 Å². The molecular weight excluding hydrogens is 215 g/mol. The van der Waals surface area contributed by atoms with Gasteiger partial charge in [-0.2, -0.15) is 0 Å². The fourth-order valence-corrected chi connectivity index (χ4v) is 0.615. The van der Waals surface area contributed by atoms with Crippen LogP contribution >= 0.6 is 7.82 Å². The van der Waals surface area contributed by atoms with Crippen LogP contribution in [0.3, 0.4) is 0 Å². The summed E-state index contributed by atoms with van der Waals surface area (Å²) < 4.78 is 13.9. The summed E-state index contributed by atoms with van der Waals surface area (Å²) in [5, 5.41) is 15.7. The monoisotopic (exact) mass is 228 g/mol. The summed E-state index contributed by atoms with van der Waals surface area (Å²) in [6.45, 7) is 2.73. The van der Waals surface area contributed by atoms with E-state index in [4.69, 9.17) is 20.0 Å². The van der Waals surface area contributed by atoms with Crippen molar-refractivity contribution in [3.8, 4) is 0 Å². The Bertz CT molecular complexity index is 208. The molecule has 0 saturated heterocycles. The number of carbonyl (C=O) groups is 1. The Morgan fingerprint density at radius 3 is 2.14 bits per heavy atom. The summed E-state index contributed by atoms with van der Waals surface area (Å²) in [5.41, 5.74) is 0. The van der Waals surface area contributed by atoms with E-state index in [1.54, 1.807) is 0 Å². The minimum Gasteiger partial charge on any atom is -0.478 e. The van der Waals surface area contributed by atoms with Gasteiger partial charge in [0.1, 0.15) is 0 Å². The quantitative estimate of drug-likeness (QED) is 0.290. The number of phosphoric acid groups is 1. The van der Waals surface area contributed by atoms with E-state index in [-0.39, 0.29) is 19.6 Å². The highest BCUT2D eigenvalue weighted by atomic mass is 31.2. The van der Waals surface area contributed by atoms with Crippen LogP contribution in [-0.2, 0) is 13.9 Å². The molecule has 14 heavy (non-hydrogen) atoms. The summed E-state index contributed by atoms with van der Waals surface area (Å²) in [6.07, 6.45) is 1.07. The van der Waals surface area contributed by atoms with Crippen molar-refractivity contribution in [1.29, 1.82) is 0 Å². The first-order valence-electron chi connectivity index (χ1n) is 3.49. The second-order valence-electron chi connectivity index (χ2n) is 1.94. The van der Waals surface area contributed by atoms with Crippen molar-refractivity contribution in [2.45, 2.75) is 6.42 Å². The Hall–Kier alpha value is -0.720. The number of aliphatic hydroxyl groups is 1. The van der Waals surface area contributed by atoms with E-state index in [1.807, 2.05) is 0 Å². The van der Waals surface area contributed by atoms with E-state index in [1.165, 1.54) is 0 Å². The van der Waals surface area contributed by atoms with Gasteiger partial charge in [0, 0.05) is 12.7 Å². The minimum absolute atomic E-state index is 0.110. The van der Waals surface area contributed by atoms with Gasteiger partial charge in [0.15, 0.2) is 0 Å². The van der Waals surface area contributed by atoms with Crippen molar-refractivity contribution in [2.24, 2.45) is 0 Å². The first-order valence-corrected chi connectivity index (χ1v) is 5.03. The van der Waals surface area contributed by atoms with Crippen LogP contribution in [-0.4, -0.2) is 39.2 Å². The largest absolute Gasteiger partial charge is 0.478 e. The molecule has 0 aromatic heterocycles. The average molecular weight is 228 g/mol. The molecule has 7 nitrogen and oxygen atoms in total. The SMILES string of the molecule is C=CC(=O)O.O=P(O)(O)OCCCO. The Morgan fingerprint density at radius 2 is 1.93 bits per heavy atom. The number of phosphoric ester groups is 1. The minimum atomic E-state index is -4.31. The maximum absolute atomic E-state index is 9.90. The highest BCUT2D eigenvalue weighted by molar-refractivity contribution is 7.46. The van der Waals surface area contributed by atoms with Gasteiger partial charge in [0.05, 0.1) is 6.61 Å². The molecule has 0 fully saturated rings. The van der Waals surface area contributed by atoms with E-state index < -0.39 is 13.8 Å². The molecule has 0 aliphatic heterocycles. The van der Waals surface area contributed by atoms with Gasteiger partial charge in [0.2, 0.25) is 0 Å². The summed E-state index contributed by atoms with van der Waals surface area (Å²) in [7, 11) is -4.31. The lowest BCUT2D eigenvalue weighted by atomic mass is 10.5. The molecule has 0 saturated carbocycles. The molecule has 0 bridgehead atoms. The first kappa shape index (κ1) is 15.7. The number of hydrogen-bond acceptors (Lipinski definition) is 4. The third-order valence-corrected chi connectivity index (χ3v) is 1.26. The Labute approximate surface area is 80.9 Å². The van der Waals surface area contributed by atoms with Crippen LogP contribution < -0.4 is 0 Å². The van der Waals surface area contributed by atoms with Crippen molar-refractivity contribution >= 4 is 13.8 Å². The van der Waals surface area contributed by atoms with Crippen molar-refractivity contribution in [2.75, 3.05) is 13.2 Å². The fourth-order valence-electron chi connectivity index (χ4n) is 0.248. The highest BCUT2D eigenvalue weighted by Gasteiger charge is 2.11. The zero-order valence-corrected chi connectivity index (χ0v) is 8.26. The third-order valence-electron chi connectivity index (χ3n) is 0.737. The topological polar surface area (TPSA) is 124 Å². The van der Waals surface area contributed by atoms with Crippen LogP contribution in [0.15, 0.2) is 12.7 Å². The van der Waals surface area contributed by atoms with Crippen LogP contribution in [0.25, 0.3) is 0 Å². The lowest BCUT2D eigenvalue weighted by Gasteiger charge is -2.01. The van der Waals surface area contributed by atoms with E-state index in [9.17, 15) is 9.36 Å². The van der Waals surface area contributed by atoms with Crippen molar-refractivity contribution in [1.82, 2.24) is 0 Å². The standard InChI is InChI=1S/C3H9O5P.C3H4O2/c4-2-1-3-8-9(5,6)7;1-2-3(4)5/h4H,1-3H2,(H2,5,6,7);2H,1H2,(H,4,5). The van der Waals surface area contributed by atoms with Crippen LogP contribution in [0, 0.1) is 0 Å². The molecule has 0 heterocycles. The maximum Gasteiger partial charge on any atom is 0.469 e. The van der Waals surface area contributed by atoms with Crippen LogP contribution in [0.2, 0.25) is 0 Å². The molecule has 0 rings (SSSR count). The number of rotatable bonds is 5. The molecule has 4 N–H and O–H groups in total. The second-order valence-corrected chi connectivity index (χ2v) is 3.18. The average Bonchev–Trinajstić information content (AvgIpc) is 2.04. The summed E-state index contributed by atoms with van der Waals surface area (Å²) >= 11 is 0. The Kier molecular flexibility index (Phi) is 9.96. The molecule has 8 heteroatoms. The number of aliphatic hydroxyl groups excluding tert-OH is 1. The number of hydrogen-bond donors (Lipinski definition) is 4. The molecule has 0 aromatic rings. The van der Waals surface area contributed by atoms with Gasteiger partial charge in [-0.1, -0.05) is 6.58 Å². The van der Waals surface area contributed by atoms with E-state index >= 15 is 0 Å². The number of carboxylic acids is 1. The van der Waals surface area contributed by atoms with Gasteiger partial charge < -0.3 is 20.0 Å². The second kappa shape index (κ2) is 8.86. The Morgan fingerprint density at radius 1 is 1.50 bits per heavy atom. The van der Waals surface area contributed by atoms with Gasteiger partial charge in [-0.25, -0.2) is 9.36 Å². The molecule has 0 aliphatic rings. The molecule has 0 aromatic carbocycles. The van der Waals surface area contributed by atoms with Gasteiger partial charge in [-0.05, 0) is 6.42 Å². The predicted octanol–water partition coefficient (Wildman–Crippen LogP) is -0.265. The molecule has 84 valence electrons. The maximum atomic E-state index is 9.90. The lowest BCUT2D eigenvalue weighted by Crippen LogP contribution is -1.94. The molecule has 0 aliphatic carbocycles. The van der Waals surface area contributed by atoms with Crippen LogP contribution in [0.4, 0.5) is 0 Å². The van der Waals surface area contributed by atoms with E-state index in [0.717, 1.165) is 6.08 Å². The van der Waals surface area contributed by atoms with Crippen molar-refractivity contribution in [3.05, 3.63) is 12.7 Å². The van der Waals surface area contributed by atoms with Gasteiger partial charge in [-0.15, -0.1) is 0 Å². The van der Waals surface area contributed by atoms with Crippen molar-refractivity contribution < 1.29 is 33.9 Å². The summed E-state index contributed by atoms with van der Waals surface area (Å²) in [6, 6.07) is 0. The fraction of sp³-hybridized carbons (Fsp3) is 0.500. The number of carboxylic acid groups (broad SMARTS) is 1.